The number of rotatable bonds is 7. The minimum Gasteiger partial charge on any atom is -0.494 e. The highest BCUT2D eigenvalue weighted by atomic mass is 32.2. The molecule has 1 fully saturated rings. The first-order valence-electron chi connectivity index (χ1n) is 6.96. The predicted molar refractivity (Wildman–Crippen MR) is 76.4 cm³/mol. The van der Waals surface area contributed by atoms with Gasteiger partial charge >= 0.3 is 0 Å². The zero-order valence-corrected chi connectivity index (χ0v) is 12.5. The molecule has 1 heterocycles. The van der Waals surface area contributed by atoms with E-state index < -0.39 is 10.0 Å². The summed E-state index contributed by atoms with van der Waals surface area (Å²) >= 11 is 0. The van der Waals surface area contributed by atoms with Gasteiger partial charge in [-0.2, -0.15) is 0 Å². The van der Waals surface area contributed by atoms with E-state index in [1.807, 2.05) is 6.92 Å². The van der Waals surface area contributed by atoms with Gasteiger partial charge in [-0.15, -0.1) is 0 Å². The van der Waals surface area contributed by atoms with Crippen molar-refractivity contribution in [3.63, 3.8) is 0 Å². The molecule has 20 heavy (non-hydrogen) atoms. The molecule has 1 aromatic rings. The van der Waals surface area contributed by atoms with Gasteiger partial charge in [0, 0.05) is 13.2 Å². The highest BCUT2D eigenvalue weighted by Crippen LogP contribution is 2.17. The maximum atomic E-state index is 12.1. The second-order valence-electron chi connectivity index (χ2n) is 4.81. The van der Waals surface area contributed by atoms with Gasteiger partial charge in [-0.25, -0.2) is 13.1 Å². The summed E-state index contributed by atoms with van der Waals surface area (Å²) < 4.78 is 37.6. The van der Waals surface area contributed by atoms with Crippen LogP contribution in [0, 0.1) is 0 Å². The van der Waals surface area contributed by atoms with Crippen LogP contribution in [0.2, 0.25) is 0 Å². The molecule has 0 unspecified atom stereocenters. The molecule has 1 aliphatic heterocycles. The highest BCUT2D eigenvalue weighted by molar-refractivity contribution is 7.89. The molecule has 1 N–H and O–H groups in total. The van der Waals surface area contributed by atoms with Gasteiger partial charge in [0.15, 0.2) is 0 Å². The maximum absolute atomic E-state index is 12.1. The van der Waals surface area contributed by atoms with Gasteiger partial charge in [0.05, 0.1) is 17.6 Å². The fourth-order valence-corrected chi connectivity index (χ4v) is 3.09. The molecule has 0 aromatic heterocycles. The number of benzene rings is 1. The van der Waals surface area contributed by atoms with Crippen molar-refractivity contribution >= 4 is 10.0 Å². The fraction of sp³-hybridized carbons (Fsp3) is 0.571. The molecule has 1 saturated heterocycles. The number of hydrogen-bond donors (Lipinski definition) is 1. The Labute approximate surface area is 120 Å². The molecule has 1 aliphatic rings. The van der Waals surface area contributed by atoms with Crippen LogP contribution in [0.3, 0.4) is 0 Å². The standard InChI is InChI=1S/C14H21NO4S/c1-2-9-18-12-5-7-14(8-6-12)20(16,17)15-11-13-4-3-10-19-13/h5-8,13,15H,2-4,9-11H2,1H3/t13-/m0/s1. The number of nitrogens with one attached hydrogen (secondary N) is 1. The topological polar surface area (TPSA) is 64.6 Å². The van der Waals surface area contributed by atoms with Crippen LogP contribution in [0.5, 0.6) is 5.75 Å². The normalized spacial score (nSPS) is 19.1. The van der Waals surface area contributed by atoms with Crippen molar-refractivity contribution in [2.75, 3.05) is 19.8 Å². The maximum Gasteiger partial charge on any atom is 0.240 e. The molecular formula is C14H21NO4S. The molecule has 0 saturated carbocycles. The Balaban J connectivity index is 1.94. The van der Waals surface area contributed by atoms with Crippen LogP contribution < -0.4 is 9.46 Å². The Morgan fingerprint density at radius 2 is 2.10 bits per heavy atom. The summed E-state index contributed by atoms with van der Waals surface area (Å²) in [7, 11) is -3.47. The van der Waals surface area contributed by atoms with Gasteiger partial charge in [0.2, 0.25) is 10.0 Å². The summed E-state index contributed by atoms with van der Waals surface area (Å²) in [5, 5.41) is 0. The second-order valence-corrected chi connectivity index (χ2v) is 6.57. The highest BCUT2D eigenvalue weighted by Gasteiger charge is 2.20. The first-order chi connectivity index (χ1) is 9.62. The first-order valence-corrected chi connectivity index (χ1v) is 8.44. The van der Waals surface area contributed by atoms with Crippen LogP contribution in [0.1, 0.15) is 26.2 Å². The van der Waals surface area contributed by atoms with Gasteiger partial charge in [-0.05, 0) is 43.5 Å². The summed E-state index contributed by atoms with van der Waals surface area (Å²) in [6, 6.07) is 6.47. The number of sulfonamides is 1. The molecule has 1 aromatic carbocycles. The lowest BCUT2D eigenvalue weighted by molar-refractivity contribution is 0.114. The van der Waals surface area contributed by atoms with E-state index in [9.17, 15) is 8.42 Å². The molecular weight excluding hydrogens is 278 g/mol. The second kappa shape index (κ2) is 7.06. The minimum atomic E-state index is -3.47. The van der Waals surface area contributed by atoms with Crippen molar-refractivity contribution in [3.8, 4) is 5.75 Å². The molecule has 5 nitrogen and oxygen atoms in total. The molecule has 1 atom stereocenters. The molecule has 6 heteroatoms. The smallest absolute Gasteiger partial charge is 0.240 e. The van der Waals surface area contributed by atoms with Crippen LogP contribution in [0.4, 0.5) is 0 Å². The molecule has 0 amide bonds. The van der Waals surface area contributed by atoms with Crippen molar-refractivity contribution in [1.82, 2.24) is 4.72 Å². The van der Waals surface area contributed by atoms with Crippen LogP contribution in [0.15, 0.2) is 29.2 Å². The Morgan fingerprint density at radius 1 is 1.35 bits per heavy atom. The molecule has 0 bridgehead atoms. The van der Waals surface area contributed by atoms with Crippen LogP contribution >= 0.6 is 0 Å². The number of ether oxygens (including phenoxy) is 2. The van der Waals surface area contributed by atoms with E-state index >= 15 is 0 Å². The molecule has 112 valence electrons. The Hall–Kier alpha value is -1.11. The van der Waals surface area contributed by atoms with E-state index in [1.54, 1.807) is 24.3 Å². The largest absolute Gasteiger partial charge is 0.494 e. The fourth-order valence-electron chi connectivity index (χ4n) is 2.03. The van der Waals surface area contributed by atoms with Crippen molar-refractivity contribution in [2.45, 2.75) is 37.2 Å². The summed E-state index contributed by atoms with van der Waals surface area (Å²) in [4.78, 5) is 0.249. The summed E-state index contributed by atoms with van der Waals surface area (Å²) in [6.07, 6.45) is 2.82. The van der Waals surface area contributed by atoms with Gasteiger partial charge in [-0.1, -0.05) is 6.92 Å². The van der Waals surface area contributed by atoms with Gasteiger partial charge in [-0.3, -0.25) is 0 Å². The van der Waals surface area contributed by atoms with E-state index in [0.29, 0.717) is 18.9 Å². The average Bonchev–Trinajstić information content (AvgIpc) is 2.97. The zero-order valence-electron chi connectivity index (χ0n) is 11.7. The van der Waals surface area contributed by atoms with Crippen molar-refractivity contribution < 1.29 is 17.9 Å². The van der Waals surface area contributed by atoms with Crippen LogP contribution in [-0.4, -0.2) is 34.3 Å². The quantitative estimate of drug-likeness (QED) is 0.835. The molecule has 0 radical (unpaired) electrons. The molecule has 0 aliphatic carbocycles. The van der Waals surface area contributed by atoms with E-state index in [-0.39, 0.29) is 11.0 Å². The van der Waals surface area contributed by atoms with Crippen LogP contribution in [-0.2, 0) is 14.8 Å². The van der Waals surface area contributed by atoms with Crippen LogP contribution in [0.25, 0.3) is 0 Å². The third-order valence-corrected chi connectivity index (χ3v) is 4.57. The van der Waals surface area contributed by atoms with Crippen molar-refractivity contribution in [2.24, 2.45) is 0 Å². The third kappa shape index (κ3) is 4.19. The third-order valence-electron chi connectivity index (χ3n) is 3.13. The lowest BCUT2D eigenvalue weighted by Crippen LogP contribution is -2.31. The summed E-state index contributed by atoms with van der Waals surface area (Å²) in [5.74, 6) is 0.685. The lowest BCUT2D eigenvalue weighted by Gasteiger charge is -2.12. The van der Waals surface area contributed by atoms with E-state index in [2.05, 4.69) is 4.72 Å². The zero-order chi connectivity index (χ0) is 14.4. The summed E-state index contributed by atoms with van der Waals surface area (Å²) in [5.41, 5.74) is 0. The number of hydrogen-bond acceptors (Lipinski definition) is 4. The summed E-state index contributed by atoms with van der Waals surface area (Å²) in [6.45, 7) is 3.70. The van der Waals surface area contributed by atoms with Crippen molar-refractivity contribution in [1.29, 1.82) is 0 Å². The Kier molecular flexibility index (Phi) is 5.39. The monoisotopic (exact) mass is 299 g/mol. The van der Waals surface area contributed by atoms with E-state index in [0.717, 1.165) is 25.9 Å². The Bertz CT molecular complexity index is 506. The first kappa shape index (κ1) is 15.3. The Morgan fingerprint density at radius 3 is 2.70 bits per heavy atom. The minimum absolute atomic E-state index is 0.00284. The van der Waals surface area contributed by atoms with E-state index in [1.165, 1.54) is 0 Å². The SMILES string of the molecule is CCCOc1ccc(S(=O)(=O)NC[C@@H]2CCCO2)cc1. The predicted octanol–water partition coefficient (Wildman–Crippen LogP) is 1.93. The van der Waals surface area contributed by atoms with E-state index in [4.69, 9.17) is 9.47 Å². The van der Waals surface area contributed by atoms with Crippen molar-refractivity contribution in [3.05, 3.63) is 24.3 Å². The lowest BCUT2D eigenvalue weighted by atomic mass is 10.2. The van der Waals surface area contributed by atoms with Gasteiger partial charge in [0.1, 0.15) is 5.75 Å². The average molecular weight is 299 g/mol. The molecule has 2 rings (SSSR count). The van der Waals surface area contributed by atoms with Gasteiger partial charge < -0.3 is 9.47 Å². The van der Waals surface area contributed by atoms with Gasteiger partial charge in [0.25, 0.3) is 0 Å². The molecule has 0 spiro atoms.